The number of ether oxygens (including phenoxy) is 4. The molecule has 9 rings (SSSR count). The van der Waals surface area contributed by atoms with Crippen LogP contribution in [0.15, 0.2) is 140 Å². The van der Waals surface area contributed by atoms with Crippen LogP contribution in [-0.2, 0) is 14.8 Å². The van der Waals surface area contributed by atoms with Crippen LogP contribution in [0.5, 0.6) is 23.0 Å². The number of nitrogens with zero attached hydrogens (tertiary/aromatic N) is 5. The Labute approximate surface area is 436 Å². The van der Waals surface area contributed by atoms with E-state index in [9.17, 15) is 22.8 Å². The summed E-state index contributed by atoms with van der Waals surface area (Å²) in [6, 6.07) is 40.7. The van der Waals surface area contributed by atoms with Crippen LogP contribution in [0.3, 0.4) is 0 Å². The zero-order chi connectivity index (χ0) is 52.6. The summed E-state index contributed by atoms with van der Waals surface area (Å²) in [6.45, 7) is 4.57. The van der Waals surface area contributed by atoms with Crippen molar-refractivity contribution < 1.29 is 41.7 Å². The van der Waals surface area contributed by atoms with Crippen LogP contribution in [0.1, 0.15) is 46.9 Å². The predicted octanol–water partition coefficient (Wildman–Crippen LogP) is 9.71. The van der Waals surface area contributed by atoms with Crippen molar-refractivity contribution in [3.8, 4) is 45.3 Å². The first-order valence-electron chi connectivity index (χ1n) is 24.6. The van der Waals surface area contributed by atoms with Gasteiger partial charge in [0.25, 0.3) is 11.8 Å². The molecule has 2 aliphatic rings. The van der Waals surface area contributed by atoms with Crippen molar-refractivity contribution in [2.45, 2.75) is 26.2 Å². The number of carbonyl (C=O) groups excluding carboxylic acids is 3. The number of nitrogens with one attached hydrogen (secondary N) is 3. The summed E-state index contributed by atoms with van der Waals surface area (Å²) in [5.41, 5.74) is 6.96. The topological polar surface area (TPSA) is 194 Å². The highest BCUT2D eigenvalue weighted by Crippen LogP contribution is 2.42. The molecule has 3 N–H and O–H groups in total. The lowest BCUT2D eigenvalue weighted by atomic mass is 9.95. The Hall–Kier alpha value is -8.64. The second kappa shape index (κ2) is 22.6. The molecule has 0 atom stereocenters. The van der Waals surface area contributed by atoms with E-state index in [0.717, 1.165) is 44.3 Å². The smallest absolute Gasteiger partial charge is 0.260 e. The fourth-order valence-corrected chi connectivity index (χ4v) is 10.1. The van der Waals surface area contributed by atoms with Crippen molar-refractivity contribution in [3.05, 3.63) is 151 Å². The number of anilines is 7. The zero-order valence-electron chi connectivity index (χ0n) is 42.3. The first kappa shape index (κ1) is 51.3. The number of carbonyl (C=O) groups is 3. The first-order chi connectivity index (χ1) is 36.3. The van der Waals surface area contributed by atoms with Gasteiger partial charge < -0.3 is 44.7 Å². The van der Waals surface area contributed by atoms with Crippen molar-refractivity contribution in [2.24, 2.45) is 5.92 Å². The van der Waals surface area contributed by atoms with Gasteiger partial charge in [-0.25, -0.2) is 17.7 Å². The van der Waals surface area contributed by atoms with Gasteiger partial charge in [-0.2, -0.15) is 4.98 Å². The molecule has 3 amide bonds. The fourth-order valence-electron chi connectivity index (χ4n) is 9.17. The lowest BCUT2D eigenvalue weighted by molar-refractivity contribution is -0.125. The highest BCUT2D eigenvalue weighted by molar-refractivity contribution is 7.92. The van der Waals surface area contributed by atoms with Gasteiger partial charge in [0, 0.05) is 61.2 Å². The molecule has 1 saturated heterocycles. The molecule has 386 valence electrons. The van der Waals surface area contributed by atoms with Crippen molar-refractivity contribution in [2.75, 3.05) is 85.1 Å². The minimum absolute atomic E-state index is 0.0339. The van der Waals surface area contributed by atoms with Gasteiger partial charge in [-0.3, -0.25) is 14.4 Å². The van der Waals surface area contributed by atoms with Gasteiger partial charge in [-0.05, 0) is 122 Å². The maximum absolute atomic E-state index is 13.4. The number of amides is 3. The Morgan fingerprint density at radius 2 is 1.49 bits per heavy atom. The SMILES string of the molecule is CCOc1cc(N2CCC(C(=O)NCCCOc3ccc(-c4ccc(NC(=O)c5ccc(OC)c(-c6cccc(OC)c6)c5)cc4)cc3)CC2)ccc1Nc1ncc2c(n1)N(S(C)(=O)=O)c1ccccc1C(=O)N2C. The Bertz CT molecular complexity index is 3330. The van der Waals surface area contributed by atoms with Crippen LogP contribution in [0, 0.1) is 5.92 Å². The standard InChI is InChI=1S/C57H58N8O9S/c1-6-73-52-35-43(22-25-48(52)61-57-59-36-50-53(62-57)65(75(5,69)70)49-14-8-7-13-46(49)56(68)63(50)2)64-30-27-39(28-31-64)54(66)58-29-10-32-74-44-23-17-38(18-24-44)37-15-20-42(21-16-37)60-55(67)41-19-26-51(72-4)47(34-41)40-11-9-12-45(33-40)71-3/h7-9,11-26,33-36,39H,6,10,27-32H2,1-5H3,(H,58,66)(H,60,67)(H,59,61,62). The number of rotatable bonds is 18. The molecule has 1 fully saturated rings. The number of fused-ring (bicyclic) bond motifs is 2. The van der Waals surface area contributed by atoms with E-state index >= 15 is 0 Å². The molecular weight excluding hydrogens is 973 g/mol. The average Bonchev–Trinajstić information content (AvgIpc) is 3.53. The van der Waals surface area contributed by atoms with Crippen molar-refractivity contribution in [3.63, 3.8) is 0 Å². The van der Waals surface area contributed by atoms with E-state index in [1.165, 1.54) is 11.1 Å². The molecule has 18 heteroatoms. The number of sulfonamides is 1. The maximum atomic E-state index is 13.4. The summed E-state index contributed by atoms with van der Waals surface area (Å²) in [7, 11) is 0.843. The first-order valence-corrected chi connectivity index (χ1v) is 26.4. The van der Waals surface area contributed by atoms with E-state index in [2.05, 4.69) is 30.8 Å². The van der Waals surface area contributed by atoms with Crippen LogP contribution in [-0.4, -0.2) is 96.5 Å². The predicted molar refractivity (Wildman–Crippen MR) is 292 cm³/mol. The second-order valence-electron chi connectivity index (χ2n) is 18.0. The fraction of sp³-hybridized carbons (Fsp3) is 0.246. The largest absolute Gasteiger partial charge is 0.497 e. The van der Waals surface area contributed by atoms with Gasteiger partial charge in [0.05, 0.1) is 56.8 Å². The lowest BCUT2D eigenvalue weighted by Crippen LogP contribution is -2.41. The van der Waals surface area contributed by atoms with Gasteiger partial charge in [0.2, 0.25) is 21.9 Å². The Morgan fingerprint density at radius 3 is 2.21 bits per heavy atom. The van der Waals surface area contributed by atoms with Crippen molar-refractivity contribution in [1.82, 2.24) is 15.3 Å². The molecular formula is C57H58N8O9S. The average molecular weight is 1030 g/mol. The Balaban J connectivity index is 0.726. The number of hydrogen-bond donors (Lipinski definition) is 3. The molecule has 0 bridgehead atoms. The van der Waals surface area contributed by atoms with Crippen LogP contribution in [0.4, 0.5) is 40.2 Å². The number of methoxy groups -OCH3 is 2. The van der Waals surface area contributed by atoms with E-state index in [4.69, 9.17) is 18.9 Å². The highest BCUT2D eigenvalue weighted by atomic mass is 32.2. The zero-order valence-corrected chi connectivity index (χ0v) is 43.1. The van der Waals surface area contributed by atoms with E-state index in [1.807, 2.05) is 104 Å². The van der Waals surface area contributed by atoms with Crippen molar-refractivity contribution >= 4 is 67.9 Å². The van der Waals surface area contributed by atoms with Gasteiger partial charge in [-0.1, -0.05) is 48.5 Å². The quantitative estimate of drug-likeness (QED) is 0.0689. The summed E-state index contributed by atoms with van der Waals surface area (Å²) in [6.07, 6.45) is 4.52. The van der Waals surface area contributed by atoms with E-state index in [-0.39, 0.29) is 52.3 Å². The van der Waals surface area contributed by atoms with Crippen LogP contribution in [0.2, 0.25) is 0 Å². The maximum Gasteiger partial charge on any atom is 0.260 e. The summed E-state index contributed by atoms with van der Waals surface area (Å²) >= 11 is 0. The minimum Gasteiger partial charge on any atom is -0.497 e. The van der Waals surface area contributed by atoms with Gasteiger partial charge in [0.1, 0.15) is 28.7 Å². The molecule has 7 aromatic rings. The monoisotopic (exact) mass is 1030 g/mol. The van der Waals surface area contributed by atoms with E-state index < -0.39 is 10.0 Å². The molecule has 0 unspecified atom stereocenters. The molecule has 75 heavy (non-hydrogen) atoms. The Kier molecular flexibility index (Phi) is 15.5. The summed E-state index contributed by atoms with van der Waals surface area (Å²) in [5, 5.41) is 9.29. The van der Waals surface area contributed by atoms with Crippen LogP contribution in [0.25, 0.3) is 22.3 Å². The Morgan fingerprint density at radius 1 is 0.747 bits per heavy atom. The van der Waals surface area contributed by atoms with Gasteiger partial charge in [0.15, 0.2) is 5.82 Å². The molecule has 3 heterocycles. The minimum atomic E-state index is -3.93. The van der Waals surface area contributed by atoms with Gasteiger partial charge >= 0.3 is 0 Å². The number of benzene rings is 6. The molecule has 2 aliphatic heterocycles. The molecule has 6 aromatic carbocycles. The molecule has 0 aliphatic carbocycles. The second-order valence-corrected chi connectivity index (χ2v) is 19.8. The third kappa shape index (κ3) is 11.6. The number of piperidine rings is 1. The number of aromatic nitrogens is 2. The molecule has 0 spiro atoms. The van der Waals surface area contributed by atoms with E-state index in [0.29, 0.717) is 86.3 Å². The highest BCUT2D eigenvalue weighted by Gasteiger charge is 2.35. The van der Waals surface area contributed by atoms with Crippen LogP contribution >= 0.6 is 0 Å². The van der Waals surface area contributed by atoms with E-state index in [1.54, 1.807) is 57.7 Å². The normalized spacial score (nSPS) is 13.5. The van der Waals surface area contributed by atoms with Crippen molar-refractivity contribution in [1.29, 1.82) is 0 Å². The number of hydrogen-bond acceptors (Lipinski definition) is 13. The summed E-state index contributed by atoms with van der Waals surface area (Å²) < 4.78 is 50.6. The summed E-state index contributed by atoms with van der Waals surface area (Å²) in [5.74, 6) is 2.08. The van der Waals surface area contributed by atoms with Crippen LogP contribution < -0.4 is 49.0 Å². The summed E-state index contributed by atoms with van der Waals surface area (Å²) in [4.78, 5) is 52.6. The molecule has 0 radical (unpaired) electrons. The molecule has 0 saturated carbocycles. The third-order valence-corrected chi connectivity index (χ3v) is 14.1. The third-order valence-electron chi connectivity index (χ3n) is 13.1. The van der Waals surface area contributed by atoms with Gasteiger partial charge in [-0.15, -0.1) is 0 Å². The number of para-hydroxylation sites is 1. The molecule has 17 nitrogen and oxygen atoms in total. The lowest BCUT2D eigenvalue weighted by Gasteiger charge is -2.33. The molecule has 1 aromatic heterocycles.